The highest BCUT2D eigenvalue weighted by molar-refractivity contribution is 6.15. The number of carbonyl (C=O) groups is 1. The number of carbonyl (C=O) groups excluding carboxylic acids is 1. The van der Waals surface area contributed by atoms with Crippen LogP contribution in [0.2, 0.25) is 0 Å². The van der Waals surface area contributed by atoms with Crippen LogP contribution in [0.25, 0.3) is 6.08 Å². The van der Waals surface area contributed by atoms with Gasteiger partial charge in [0, 0.05) is 25.2 Å². The molecule has 0 saturated carbocycles. The van der Waals surface area contributed by atoms with Crippen molar-refractivity contribution in [1.29, 1.82) is 0 Å². The molecule has 0 aromatic heterocycles. The fourth-order valence-electron chi connectivity index (χ4n) is 4.69. The second-order valence-corrected chi connectivity index (χ2v) is 8.63. The summed E-state index contributed by atoms with van der Waals surface area (Å²) in [6.07, 6.45) is 2.87. The number of hydrogen-bond acceptors (Lipinski definition) is 6. The predicted octanol–water partition coefficient (Wildman–Crippen LogP) is 4.50. The molecule has 2 aromatic rings. The number of fused-ring (bicyclic) bond motifs is 1. The zero-order valence-electron chi connectivity index (χ0n) is 18.5. The van der Waals surface area contributed by atoms with Crippen molar-refractivity contribution < 1.29 is 24.1 Å². The fourth-order valence-corrected chi connectivity index (χ4v) is 4.69. The van der Waals surface area contributed by atoms with E-state index >= 15 is 0 Å². The third kappa shape index (κ3) is 4.26. The predicted molar refractivity (Wildman–Crippen MR) is 119 cm³/mol. The summed E-state index contributed by atoms with van der Waals surface area (Å²) in [5, 5.41) is 10.6. The third-order valence-corrected chi connectivity index (χ3v) is 5.97. The average molecular weight is 424 g/mol. The van der Waals surface area contributed by atoms with E-state index in [1.165, 1.54) is 6.42 Å². The van der Waals surface area contributed by atoms with Crippen LogP contribution < -0.4 is 14.2 Å². The molecule has 0 aliphatic carbocycles. The lowest BCUT2D eigenvalue weighted by atomic mass is 9.91. The molecule has 0 amide bonds. The molecule has 6 heteroatoms. The quantitative estimate of drug-likeness (QED) is 0.714. The zero-order chi connectivity index (χ0) is 22.1. The van der Waals surface area contributed by atoms with E-state index in [0.717, 1.165) is 13.1 Å². The molecule has 0 radical (unpaired) electrons. The van der Waals surface area contributed by atoms with E-state index in [0.29, 0.717) is 52.3 Å². The number of rotatable bonds is 5. The second-order valence-electron chi connectivity index (χ2n) is 8.63. The lowest BCUT2D eigenvalue weighted by molar-refractivity contribution is 0.101. The van der Waals surface area contributed by atoms with Crippen LogP contribution in [-0.2, 0) is 6.54 Å². The number of ether oxygens (including phenoxy) is 3. The van der Waals surface area contributed by atoms with Crippen LogP contribution in [0.15, 0.2) is 36.1 Å². The summed E-state index contributed by atoms with van der Waals surface area (Å²) in [6.45, 7) is 6.98. The maximum Gasteiger partial charge on any atom is 0.231 e. The average Bonchev–Trinajstić information content (AvgIpc) is 3.05. The van der Waals surface area contributed by atoms with Gasteiger partial charge in [0.2, 0.25) is 5.78 Å². The van der Waals surface area contributed by atoms with Gasteiger partial charge in [-0.2, -0.15) is 0 Å². The molecule has 31 heavy (non-hydrogen) atoms. The van der Waals surface area contributed by atoms with E-state index in [2.05, 4.69) is 18.7 Å². The van der Waals surface area contributed by atoms with Gasteiger partial charge in [-0.25, -0.2) is 0 Å². The van der Waals surface area contributed by atoms with Crippen molar-refractivity contribution in [2.75, 3.05) is 27.3 Å². The van der Waals surface area contributed by atoms with Crippen LogP contribution in [0.3, 0.4) is 0 Å². The summed E-state index contributed by atoms with van der Waals surface area (Å²) >= 11 is 0. The lowest BCUT2D eigenvalue weighted by Gasteiger charge is -2.35. The first kappa shape index (κ1) is 21.2. The van der Waals surface area contributed by atoms with Crippen LogP contribution in [0.4, 0.5) is 0 Å². The lowest BCUT2D eigenvalue weighted by Crippen LogP contribution is -2.38. The van der Waals surface area contributed by atoms with E-state index in [1.54, 1.807) is 50.6 Å². The number of hydrogen-bond donors (Lipinski definition) is 1. The van der Waals surface area contributed by atoms with Gasteiger partial charge >= 0.3 is 0 Å². The van der Waals surface area contributed by atoms with Gasteiger partial charge in [-0.05, 0) is 54.7 Å². The first-order valence-electron chi connectivity index (χ1n) is 10.6. The molecule has 2 atom stereocenters. The molecule has 2 aromatic carbocycles. The number of aromatic hydroxyl groups is 1. The summed E-state index contributed by atoms with van der Waals surface area (Å²) < 4.78 is 16.7. The number of allylic oxidation sites excluding steroid dienone is 1. The Hall–Kier alpha value is -2.99. The Morgan fingerprint density at radius 2 is 1.87 bits per heavy atom. The monoisotopic (exact) mass is 423 g/mol. The number of likely N-dealkylation sites (tertiary alicyclic amines) is 1. The van der Waals surface area contributed by atoms with E-state index in [1.807, 2.05) is 0 Å². The van der Waals surface area contributed by atoms with E-state index < -0.39 is 0 Å². The highest BCUT2D eigenvalue weighted by atomic mass is 16.5. The molecule has 2 heterocycles. The van der Waals surface area contributed by atoms with Gasteiger partial charge in [-0.3, -0.25) is 9.69 Å². The minimum absolute atomic E-state index is 0.151. The first-order valence-corrected chi connectivity index (χ1v) is 10.6. The fraction of sp³-hybridized carbons (Fsp3) is 0.400. The smallest absolute Gasteiger partial charge is 0.231 e. The molecule has 0 unspecified atom stereocenters. The Bertz CT molecular complexity index is 1020. The molecule has 4 rings (SSSR count). The van der Waals surface area contributed by atoms with Crippen molar-refractivity contribution in [2.24, 2.45) is 11.8 Å². The summed E-state index contributed by atoms with van der Waals surface area (Å²) in [5.41, 5.74) is 1.81. The molecule has 1 saturated heterocycles. The molecule has 0 bridgehead atoms. The summed E-state index contributed by atoms with van der Waals surface area (Å²) in [6, 6.07) is 8.58. The Balaban J connectivity index is 1.67. The van der Waals surface area contributed by atoms with Gasteiger partial charge < -0.3 is 19.3 Å². The van der Waals surface area contributed by atoms with Gasteiger partial charge in [0.15, 0.2) is 5.76 Å². The number of Topliss-reactive ketones (excluding diaryl/α,β-unsaturated/α-hetero) is 1. The molecular weight excluding hydrogens is 394 g/mol. The molecular formula is C25H29NO5. The van der Waals surface area contributed by atoms with Crippen molar-refractivity contribution in [3.8, 4) is 23.0 Å². The summed E-state index contributed by atoms with van der Waals surface area (Å²) in [5.74, 6) is 3.06. The standard InChI is InChI=1S/C25H29NO5/c1-15-9-16(2)13-26(12-15)14-20-21(27)7-6-19-24(28)23(31-25(19)20)11-17-10-18(29-3)5-8-22(17)30-4/h5-8,10-11,15-16,27H,9,12-14H2,1-4H3/t15-,16+. The number of ketones is 1. The normalized spacial score (nSPS) is 22.3. The van der Waals surface area contributed by atoms with Crippen molar-refractivity contribution in [2.45, 2.75) is 26.8 Å². The highest BCUT2D eigenvalue weighted by Gasteiger charge is 2.33. The van der Waals surface area contributed by atoms with Crippen LogP contribution >= 0.6 is 0 Å². The third-order valence-electron chi connectivity index (χ3n) is 5.97. The topological polar surface area (TPSA) is 68.2 Å². The van der Waals surface area contributed by atoms with Crippen LogP contribution in [0.1, 0.15) is 41.8 Å². The minimum Gasteiger partial charge on any atom is -0.507 e. The highest BCUT2D eigenvalue weighted by Crippen LogP contribution is 2.41. The second kappa shape index (κ2) is 8.63. The number of nitrogens with zero attached hydrogens (tertiary/aromatic N) is 1. The maximum absolute atomic E-state index is 13.1. The largest absolute Gasteiger partial charge is 0.507 e. The number of phenols is 1. The maximum atomic E-state index is 13.1. The van der Waals surface area contributed by atoms with Crippen LogP contribution in [-0.4, -0.2) is 43.1 Å². The molecule has 1 fully saturated rings. The van der Waals surface area contributed by atoms with Gasteiger partial charge in [0.05, 0.1) is 25.3 Å². The molecule has 6 nitrogen and oxygen atoms in total. The van der Waals surface area contributed by atoms with E-state index in [9.17, 15) is 9.90 Å². The van der Waals surface area contributed by atoms with Crippen molar-refractivity contribution in [3.63, 3.8) is 0 Å². The SMILES string of the molecule is COc1ccc(OC)c(C=C2Oc3c(ccc(O)c3CN3C[C@H](C)C[C@H](C)C3)C2=O)c1. The Morgan fingerprint density at radius 1 is 1.13 bits per heavy atom. The van der Waals surface area contributed by atoms with Crippen LogP contribution in [0.5, 0.6) is 23.0 Å². The Morgan fingerprint density at radius 3 is 2.55 bits per heavy atom. The Labute approximate surface area is 183 Å². The summed E-state index contributed by atoms with van der Waals surface area (Å²) in [4.78, 5) is 15.4. The molecule has 0 spiro atoms. The van der Waals surface area contributed by atoms with Gasteiger partial charge in [0.25, 0.3) is 0 Å². The van der Waals surface area contributed by atoms with Crippen molar-refractivity contribution >= 4 is 11.9 Å². The molecule has 1 N–H and O–H groups in total. The molecule has 2 aliphatic heterocycles. The van der Waals surface area contributed by atoms with Gasteiger partial charge in [0.1, 0.15) is 23.0 Å². The summed E-state index contributed by atoms with van der Waals surface area (Å²) in [7, 11) is 3.16. The van der Waals surface area contributed by atoms with E-state index in [-0.39, 0.29) is 17.3 Å². The van der Waals surface area contributed by atoms with Gasteiger partial charge in [-0.1, -0.05) is 13.8 Å². The van der Waals surface area contributed by atoms with Crippen molar-refractivity contribution in [3.05, 3.63) is 52.8 Å². The molecule has 164 valence electrons. The number of methoxy groups -OCH3 is 2. The van der Waals surface area contributed by atoms with Gasteiger partial charge in [-0.15, -0.1) is 0 Å². The minimum atomic E-state index is -0.207. The van der Waals surface area contributed by atoms with Crippen molar-refractivity contribution in [1.82, 2.24) is 4.90 Å². The Kier molecular flexibility index (Phi) is 5.92. The zero-order valence-corrected chi connectivity index (χ0v) is 18.5. The first-order chi connectivity index (χ1) is 14.9. The number of phenolic OH excluding ortho intramolecular Hbond substituents is 1. The number of piperidine rings is 1. The van der Waals surface area contributed by atoms with Crippen LogP contribution in [0, 0.1) is 11.8 Å². The number of benzene rings is 2. The van der Waals surface area contributed by atoms with E-state index in [4.69, 9.17) is 14.2 Å². The molecule has 2 aliphatic rings.